The molecular weight excluding hydrogens is 309 g/mol. The fourth-order valence-electron chi connectivity index (χ4n) is 0.823. The zero-order chi connectivity index (χ0) is 10.0. The highest BCUT2D eigenvalue weighted by molar-refractivity contribution is 9.10. The summed E-state index contributed by atoms with van der Waals surface area (Å²) in [6.45, 7) is 0. The Bertz CT molecular complexity index is 357. The van der Waals surface area contributed by atoms with Gasteiger partial charge in [-0.1, -0.05) is 31.9 Å². The number of nitro groups is 1. The molecule has 0 bridgehead atoms. The third-order valence-corrected chi connectivity index (χ3v) is 2.80. The van der Waals surface area contributed by atoms with Crippen LogP contribution in [0, 0.1) is 15.9 Å². The molecule has 0 amide bonds. The lowest BCUT2D eigenvalue weighted by Gasteiger charge is -2.00. The number of hydrogen-bond donors (Lipinski definition) is 0. The molecule has 0 saturated heterocycles. The maximum atomic E-state index is 12.9. The van der Waals surface area contributed by atoms with Crippen LogP contribution in [0.4, 0.5) is 10.1 Å². The van der Waals surface area contributed by atoms with Crippen LogP contribution in [0.25, 0.3) is 0 Å². The normalized spacial score (nSPS) is 10.1. The van der Waals surface area contributed by atoms with Gasteiger partial charge in [0.05, 0.1) is 4.92 Å². The zero-order valence-corrected chi connectivity index (χ0v) is 9.43. The number of alkyl halides is 1. The molecule has 1 rings (SSSR count). The van der Waals surface area contributed by atoms with Crippen LogP contribution >= 0.6 is 31.9 Å². The molecule has 0 aliphatic carbocycles. The summed E-state index contributed by atoms with van der Waals surface area (Å²) in [6.07, 6.45) is 0. The van der Waals surface area contributed by atoms with E-state index in [0.29, 0.717) is 15.4 Å². The van der Waals surface area contributed by atoms with Gasteiger partial charge in [0, 0.05) is 15.9 Å². The molecular formula is C7H4Br2FNO2. The first-order valence-corrected chi connectivity index (χ1v) is 5.16. The van der Waals surface area contributed by atoms with Crippen molar-refractivity contribution in [3.05, 3.63) is 38.1 Å². The summed E-state index contributed by atoms with van der Waals surface area (Å²) in [6, 6.07) is 2.29. The molecule has 0 aliphatic heterocycles. The standard InChI is InChI=1S/C7H4Br2FNO2/c8-3-4-1-7(11(12)13)6(10)2-5(4)9/h1-2H,3H2. The van der Waals surface area contributed by atoms with E-state index in [4.69, 9.17) is 0 Å². The Kier molecular flexibility index (Phi) is 3.38. The highest BCUT2D eigenvalue weighted by Crippen LogP contribution is 2.27. The van der Waals surface area contributed by atoms with Gasteiger partial charge < -0.3 is 0 Å². The van der Waals surface area contributed by atoms with Crippen LogP contribution in [0.15, 0.2) is 16.6 Å². The number of rotatable bonds is 2. The van der Waals surface area contributed by atoms with Crippen LogP contribution in [0.1, 0.15) is 5.56 Å². The van der Waals surface area contributed by atoms with Crippen molar-refractivity contribution < 1.29 is 9.31 Å². The van der Waals surface area contributed by atoms with Crippen LogP contribution in [-0.4, -0.2) is 4.92 Å². The van der Waals surface area contributed by atoms with Crippen molar-refractivity contribution in [2.45, 2.75) is 5.33 Å². The predicted octanol–water partition coefficient (Wildman–Crippen LogP) is 3.39. The van der Waals surface area contributed by atoms with E-state index in [2.05, 4.69) is 31.9 Å². The van der Waals surface area contributed by atoms with Gasteiger partial charge in [-0.3, -0.25) is 10.1 Å². The average molecular weight is 313 g/mol. The van der Waals surface area contributed by atoms with Crippen LogP contribution in [-0.2, 0) is 5.33 Å². The smallest absolute Gasteiger partial charge is 0.258 e. The van der Waals surface area contributed by atoms with E-state index >= 15 is 0 Å². The SMILES string of the molecule is O=[N+]([O-])c1cc(CBr)c(Br)cc1F. The van der Waals surface area contributed by atoms with Gasteiger partial charge in [-0.25, -0.2) is 0 Å². The Morgan fingerprint density at radius 1 is 1.54 bits per heavy atom. The number of benzene rings is 1. The monoisotopic (exact) mass is 311 g/mol. The quantitative estimate of drug-likeness (QED) is 0.477. The number of nitro benzene ring substituents is 1. The second kappa shape index (κ2) is 4.15. The summed E-state index contributed by atoms with van der Waals surface area (Å²) < 4.78 is 13.5. The molecule has 1 aromatic rings. The summed E-state index contributed by atoms with van der Waals surface area (Å²) in [7, 11) is 0. The Morgan fingerprint density at radius 3 is 2.62 bits per heavy atom. The molecule has 6 heteroatoms. The molecule has 0 heterocycles. The minimum atomic E-state index is -0.832. The molecule has 0 spiro atoms. The third kappa shape index (κ3) is 2.25. The summed E-state index contributed by atoms with van der Waals surface area (Å²) >= 11 is 6.24. The molecule has 1 aromatic carbocycles. The molecule has 0 N–H and O–H groups in total. The fraction of sp³-hybridized carbons (Fsp3) is 0.143. The van der Waals surface area contributed by atoms with Crippen molar-refractivity contribution in [3.8, 4) is 0 Å². The van der Waals surface area contributed by atoms with E-state index in [1.807, 2.05) is 0 Å². The van der Waals surface area contributed by atoms with Crippen molar-refractivity contribution in [3.63, 3.8) is 0 Å². The Hall–Kier alpha value is -0.490. The molecule has 0 aromatic heterocycles. The van der Waals surface area contributed by atoms with E-state index in [9.17, 15) is 14.5 Å². The van der Waals surface area contributed by atoms with Gasteiger partial charge in [0.1, 0.15) is 0 Å². The second-order valence-electron chi connectivity index (χ2n) is 2.29. The van der Waals surface area contributed by atoms with E-state index in [0.717, 1.165) is 6.07 Å². The molecule has 13 heavy (non-hydrogen) atoms. The van der Waals surface area contributed by atoms with Crippen molar-refractivity contribution in [1.29, 1.82) is 0 Å². The first-order valence-electron chi connectivity index (χ1n) is 3.24. The summed E-state index contributed by atoms with van der Waals surface area (Å²) in [4.78, 5) is 9.59. The number of nitrogens with zero attached hydrogens (tertiary/aromatic N) is 1. The van der Waals surface area contributed by atoms with Gasteiger partial charge in [0.15, 0.2) is 0 Å². The predicted molar refractivity (Wildman–Crippen MR) is 53.4 cm³/mol. The van der Waals surface area contributed by atoms with E-state index in [1.54, 1.807) is 0 Å². The lowest BCUT2D eigenvalue weighted by atomic mass is 10.2. The molecule has 0 atom stereocenters. The topological polar surface area (TPSA) is 43.1 Å². The maximum Gasteiger partial charge on any atom is 0.305 e. The van der Waals surface area contributed by atoms with Gasteiger partial charge >= 0.3 is 5.69 Å². The van der Waals surface area contributed by atoms with Gasteiger partial charge in [-0.2, -0.15) is 4.39 Å². The van der Waals surface area contributed by atoms with Crippen molar-refractivity contribution in [2.75, 3.05) is 0 Å². The molecule has 0 aliphatic rings. The van der Waals surface area contributed by atoms with E-state index < -0.39 is 16.4 Å². The van der Waals surface area contributed by atoms with Crippen molar-refractivity contribution >= 4 is 37.5 Å². The summed E-state index contributed by atoms with van der Waals surface area (Å²) in [5, 5.41) is 10.8. The molecule has 0 unspecified atom stereocenters. The Balaban J connectivity index is 3.30. The first kappa shape index (κ1) is 10.6. The highest BCUT2D eigenvalue weighted by atomic mass is 79.9. The maximum absolute atomic E-state index is 12.9. The van der Waals surface area contributed by atoms with Gasteiger partial charge in [0.2, 0.25) is 5.82 Å². The van der Waals surface area contributed by atoms with Crippen LogP contribution < -0.4 is 0 Å². The van der Waals surface area contributed by atoms with Gasteiger partial charge in [-0.15, -0.1) is 0 Å². The second-order valence-corrected chi connectivity index (χ2v) is 3.70. The van der Waals surface area contributed by atoms with Gasteiger partial charge in [-0.05, 0) is 11.6 Å². The minimum Gasteiger partial charge on any atom is -0.258 e. The highest BCUT2D eigenvalue weighted by Gasteiger charge is 2.16. The lowest BCUT2D eigenvalue weighted by molar-refractivity contribution is -0.387. The fourth-order valence-corrected chi connectivity index (χ4v) is 2.12. The number of halogens is 3. The minimum absolute atomic E-state index is 0.439. The Morgan fingerprint density at radius 2 is 2.15 bits per heavy atom. The zero-order valence-electron chi connectivity index (χ0n) is 6.26. The van der Waals surface area contributed by atoms with Crippen LogP contribution in [0.5, 0.6) is 0 Å². The van der Waals surface area contributed by atoms with Crippen LogP contribution in [0.3, 0.4) is 0 Å². The number of hydrogen-bond acceptors (Lipinski definition) is 2. The molecule has 70 valence electrons. The molecule has 0 fully saturated rings. The molecule has 3 nitrogen and oxygen atoms in total. The largest absolute Gasteiger partial charge is 0.305 e. The van der Waals surface area contributed by atoms with E-state index in [1.165, 1.54) is 6.07 Å². The molecule has 0 radical (unpaired) electrons. The molecule has 0 saturated carbocycles. The van der Waals surface area contributed by atoms with Crippen LogP contribution in [0.2, 0.25) is 0 Å². The average Bonchev–Trinajstić information content (AvgIpc) is 2.03. The lowest BCUT2D eigenvalue weighted by Crippen LogP contribution is -1.94. The summed E-state index contributed by atoms with van der Waals surface area (Å²) in [5.41, 5.74) is 0.144. The van der Waals surface area contributed by atoms with Gasteiger partial charge in [0.25, 0.3) is 0 Å². The summed E-state index contributed by atoms with van der Waals surface area (Å²) in [5.74, 6) is -0.832. The first-order chi connectivity index (χ1) is 6.06. The third-order valence-electron chi connectivity index (χ3n) is 1.46. The Labute approximate surface area is 90.3 Å². The van der Waals surface area contributed by atoms with Crippen molar-refractivity contribution in [2.24, 2.45) is 0 Å². The van der Waals surface area contributed by atoms with Crippen molar-refractivity contribution in [1.82, 2.24) is 0 Å². The van der Waals surface area contributed by atoms with E-state index in [-0.39, 0.29) is 0 Å².